The maximum absolute atomic E-state index is 11.2. The van der Waals surface area contributed by atoms with Crippen LogP contribution < -0.4 is 0 Å². The van der Waals surface area contributed by atoms with Crippen LogP contribution in [0.15, 0.2) is 91.3 Å². The Morgan fingerprint density at radius 2 is 1.54 bits per heavy atom. The molecule has 0 aliphatic rings. The fourth-order valence-electron chi connectivity index (χ4n) is 3.73. The summed E-state index contributed by atoms with van der Waals surface area (Å²) in [5, 5.41) is 13.5. The highest BCUT2D eigenvalue weighted by atomic mass is 16.3. The molecule has 5 aromatic rings. The van der Waals surface area contributed by atoms with Crippen LogP contribution in [0.25, 0.3) is 32.9 Å². The highest BCUT2D eigenvalue weighted by molar-refractivity contribution is 5.96. The molecule has 0 bridgehead atoms. The second-order valence-corrected chi connectivity index (χ2v) is 6.49. The van der Waals surface area contributed by atoms with E-state index in [0.29, 0.717) is 0 Å². The topological polar surface area (TPSA) is 40.9 Å². The summed E-state index contributed by atoms with van der Waals surface area (Å²) in [7, 11) is 0. The molecule has 5 rings (SSSR count). The lowest BCUT2D eigenvalue weighted by Gasteiger charge is -2.18. The molecule has 0 aliphatic carbocycles. The molecule has 2 N–H and O–H groups in total. The Kier molecular flexibility index (Phi) is 3.40. The second kappa shape index (κ2) is 5.90. The van der Waals surface area contributed by atoms with Gasteiger partial charge in [-0.2, -0.15) is 0 Å². The first-order valence-corrected chi connectivity index (χ1v) is 8.72. The Morgan fingerprint density at radius 3 is 2.50 bits per heavy atom. The van der Waals surface area contributed by atoms with E-state index in [0.717, 1.165) is 38.5 Å². The Labute approximate surface area is 151 Å². The van der Waals surface area contributed by atoms with Crippen molar-refractivity contribution in [3.05, 3.63) is 96.8 Å². The third kappa shape index (κ3) is 2.25. The summed E-state index contributed by atoms with van der Waals surface area (Å²) in [4.78, 5) is 3.33. The van der Waals surface area contributed by atoms with Crippen molar-refractivity contribution < 1.29 is 5.11 Å². The SMILES string of the molecule is OC(c1ccccc1-c1c[nH]c2ccccc12)n1ccc2ccccc21. The van der Waals surface area contributed by atoms with Crippen molar-refractivity contribution in [2.45, 2.75) is 6.23 Å². The van der Waals surface area contributed by atoms with Crippen LogP contribution in [0.1, 0.15) is 11.8 Å². The average Bonchev–Trinajstić information content (AvgIpc) is 3.32. The van der Waals surface area contributed by atoms with Gasteiger partial charge in [-0.15, -0.1) is 0 Å². The van der Waals surface area contributed by atoms with Gasteiger partial charge in [0.1, 0.15) is 0 Å². The number of aromatic amines is 1. The van der Waals surface area contributed by atoms with Crippen molar-refractivity contribution in [1.82, 2.24) is 9.55 Å². The van der Waals surface area contributed by atoms with E-state index in [4.69, 9.17) is 0 Å². The number of fused-ring (bicyclic) bond motifs is 2. The fourth-order valence-corrected chi connectivity index (χ4v) is 3.73. The molecule has 0 amide bonds. The maximum atomic E-state index is 11.2. The average molecular weight is 338 g/mol. The molecule has 0 saturated carbocycles. The van der Waals surface area contributed by atoms with Crippen LogP contribution in [-0.4, -0.2) is 14.7 Å². The highest BCUT2D eigenvalue weighted by Gasteiger charge is 2.18. The van der Waals surface area contributed by atoms with Gasteiger partial charge in [0.2, 0.25) is 0 Å². The minimum absolute atomic E-state index is 0.750. The normalized spacial score (nSPS) is 12.7. The second-order valence-electron chi connectivity index (χ2n) is 6.49. The molecule has 3 aromatic carbocycles. The molecule has 0 aliphatic heterocycles. The number of aliphatic hydroxyl groups is 1. The number of aromatic nitrogens is 2. The van der Waals surface area contributed by atoms with E-state index in [1.54, 1.807) is 0 Å². The predicted octanol–water partition coefficient (Wildman–Crippen LogP) is 5.33. The van der Waals surface area contributed by atoms with Gasteiger partial charge in [0.25, 0.3) is 0 Å². The lowest BCUT2D eigenvalue weighted by atomic mass is 9.98. The molecule has 0 spiro atoms. The van der Waals surface area contributed by atoms with Gasteiger partial charge in [0, 0.05) is 34.4 Å². The van der Waals surface area contributed by atoms with Gasteiger partial charge in [-0.05, 0) is 29.1 Å². The van der Waals surface area contributed by atoms with Crippen molar-refractivity contribution in [2.24, 2.45) is 0 Å². The smallest absolute Gasteiger partial charge is 0.157 e. The third-order valence-electron chi connectivity index (χ3n) is 5.01. The zero-order valence-electron chi connectivity index (χ0n) is 14.1. The van der Waals surface area contributed by atoms with E-state index in [1.165, 1.54) is 0 Å². The van der Waals surface area contributed by atoms with Crippen molar-refractivity contribution in [3.8, 4) is 11.1 Å². The van der Waals surface area contributed by atoms with Gasteiger partial charge >= 0.3 is 0 Å². The summed E-state index contributed by atoms with van der Waals surface area (Å²) < 4.78 is 1.92. The number of benzene rings is 3. The molecule has 126 valence electrons. The standard InChI is InChI=1S/C23H18N2O/c26-23(25-14-13-16-7-1-6-12-22(16)25)19-10-3-2-8-17(19)20-15-24-21-11-5-4-9-18(20)21/h1-15,23-24,26H. The molecule has 3 heteroatoms. The zero-order chi connectivity index (χ0) is 17.5. The summed E-state index contributed by atoms with van der Waals surface area (Å²) >= 11 is 0. The molecule has 2 heterocycles. The van der Waals surface area contributed by atoms with Crippen molar-refractivity contribution in [2.75, 3.05) is 0 Å². The van der Waals surface area contributed by atoms with E-state index in [2.05, 4.69) is 29.2 Å². The Morgan fingerprint density at radius 1 is 0.769 bits per heavy atom. The number of nitrogens with one attached hydrogen (secondary N) is 1. The number of nitrogens with zero attached hydrogens (tertiary/aromatic N) is 1. The zero-order valence-corrected chi connectivity index (χ0v) is 14.1. The number of hydrogen-bond acceptors (Lipinski definition) is 1. The monoisotopic (exact) mass is 338 g/mol. The Balaban J connectivity index is 1.69. The van der Waals surface area contributed by atoms with Crippen molar-refractivity contribution in [1.29, 1.82) is 0 Å². The van der Waals surface area contributed by atoms with Gasteiger partial charge < -0.3 is 14.7 Å². The summed E-state index contributed by atoms with van der Waals surface area (Å²) in [6, 6.07) is 26.4. The Hall–Kier alpha value is -3.30. The summed E-state index contributed by atoms with van der Waals surface area (Å²) in [5.41, 5.74) is 5.15. The summed E-state index contributed by atoms with van der Waals surface area (Å²) in [6.45, 7) is 0. The lowest BCUT2D eigenvalue weighted by molar-refractivity contribution is 0.152. The molecule has 0 radical (unpaired) electrons. The molecule has 1 unspecified atom stereocenters. The van der Waals surface area contributed by atoms with Crippen LogP contribution in [0, 0.1) is 0 Å². The van der Waals surface area contributed by atoms with Crippen LogP contribution in [0.3, 0.4) is 0 Å². The van der Waals surface area contributed by atoms with Crippen LogP contribution in [0.2, 0.25) is 0 Å². The van der Waals surface area contributed by atoms with Gasteiger partial charge in [0.15, 0.2) is 6.23 Å². The minimum Gasteiger partial charge on any atom is -0.369 e. The first kappa shape index (κ1) is 15.0. The molecule has 26 heavy (non-hydrogen) atoms. The van der Waals surface area contributed by atoms with E-state index < -0.39 is 6.23 Å². The van der Waals surface area contributed by atoms with E-state index in [1.807, 2.05) is 71.6 Å². The molecule has 0 saturated heterocycles. The quantitative estimate of drug-likeness (QED) is 0.459. The number of aliphatic hydroxyl groups excluding tert-OH is 1. The predicted molar refractivity (Wildman–Crippen MR) is 106 cm³/mol. The molecule has 2 aromatic heterocycles. The van der Waals surface area contributed by atoms with E-state index in [-0.39, 0.29) is 0 Å². The van der Waals surface area contributed by atoms with Crippen LogP contribution >= 0.6 is 0 Å². The largest absolute Gasteiger partial charge is 0.369 e. The third-order valence-corrected chi connectivity index (χ3v) is 5.01. The number of hydrogen-bond donors (Lipinski definition) is 2. The van der Waals surface area contributed by atoms with E-state index >= 15 is 0 Å². The van der Waals surface area contributed by atoms with Crippen molar-refractivity contribution in [3.63, 3.8) is 0 Å². The van der Waals surface area contributed by atoms with Crippen molar-refractivity contribution >= 4 is 21.8 Å². The van der Waals surface area contributed by atoms with Crippen LogP contribution in [0.4, 0.5) is 0 Å². The highest BCUT2D eigenvalue weighted by Crippen LogP contribution is 2.35. The maximum Gasteiger partial charge on any atom is 0.157 e. The summed E-state index contributed by atoms with van der Waals surface area (Å²) in [6.07, 6.45) is 3.21. The number of para-hydroxylation sites is 2. The molecule has 1 atom stereocenters. The summed E-state index contributed by atoms with van der Waals surface area (Å²) in [5.74, 6) is 0. The first-order valence-electron chi connectivity index (χ1n) is 8.72. The van der Waals surface area contributed by atoms with Gasteiger partial charge in [-0.25, -0.2) is 0 Å². The van der Waals surface area contributed by atoms with Crippen LogP contribution in [-0.2, 0) is 0 Å². The number of rotatable bonds is 3. The molecule has 0 fully saturated rings. The molecular formula is C23H18N2O. The Bertz CT molecular complexity index is 1220. The first-order chi connectivity index (χ1) is 12.8. The molecule has 3 nitrogen and oxygen atoms in total. The molecular weight excluding hydrogens is 320 g/mol. The number of H-pyrrole nitrogens is 1. The van der Waals surface area contributed by atoms with Gasteiger partial charge in [0.05, 0.1) is 5.52 Å². The van der Waals surface area contributed by atoms with Gasteiger partial charge in [-0.3, -0.25) is 0 Å². The van der Waals surface area contributed by atoms with Crippen LogP contribution in [0.5, 0.6) is 0 Å². The minimum atomic E-state index is -0.750. The fraction of sp³-hybridized carbons (Fsp3) is 0.0435. The van der Waals surface area contributed by atoms with E-state index in [9.17, 15) is 5.11 Å². The van der Waals surface area contributed by atoms with Gasteiger partial charge in [-0.1, -0.05) is 60.7 Å². The lowest BCUT2D eigenvalue weighted by Crippen LogP contribution is -2.09.